The molecule has 0 spiro atoms. The van der Waals surface area contributed by atoms with E-state index in [0.717, 1.165) is 0 Å². The van der Waals surface area contributed by atoms with Crippen LogP contribution in [0.3, 0.4) is 0 Å². The largest absolute Gasteiger partial charge is 0.454 e. The van der Waals surface area contributed by atoms with Crippen LogP contribution in [0, 0.1) is 5.82 Å². The molecule has 1 aromatic rings. The zero-order valence-electron chi connectivity index (χ0n) is 10.1. The lowest BCUT2D eigenvalue weighted by molar-refractivity contribution is -0.158. The first-order valence-electron chi connectivity index (χ1n) is 5.28. The molecule has 0 atom stereocenters. The molecule has 0 N–H and O–H groups in total. The predicted molar refractivity (Wildman–Crippen MR) is 60.8 cm³/mol. The summed E-state index contributed by atoms with van der Waals surface area (Å²) in [4.78, 5) is 22.2. The summed E-state index contributed by atoms with van der Waals surface area (Å²) in [5, 5.41) is 0. The number of hydrogen-bond donors (Lipinski definition) is 0. The van der Waals surface area contributed by atoms with Crippen LogP contribution in [0.1, 0.15) is 32.8 Å². The van der Waals surface area contributed by atoms with E-state index in [0.29, 0.717) is 5.56 Å². The molecule has 0 unspecified atom stereocenters. The number of ether oxygens (including phenoxy) is 1. The second kappa shape index (κ2) is 5.08. The molecule has 0 radical (unpaired) electrons. The maximum atomic E-state index is 12.8. The molecule has 1 rings (SSSR count). The summed E-state index contributed by atoms with van der Waals surface area (Å²) in [6.07, 6.45) is -0.245. The Morgan fingerprint density at radius 2 is 1.76 bits per heavy atom. The van der Waals surface area contributed by atoms with Crippen LogP contribution >= 0.6 is 0 Å². The second-order valence-corrected chi connectivity index (χ2v) is 4.37. The Bertz CT molecular complexity index is 421. The van der Waals surface area contributed by atoms with Gasteiger partial charge in [0, 0.05) is 0 Å². The molecule has 0 aromatic heterocycles. The molecule has 17 heavy (non-hydrogen) atoms. The fourth-order valence-corrected chi connectivity index (χ4v) is 1.43. The highest BCUT2D eigenvalue weighted by molar-refractivity contribution is 5.94. The van der Waals surface area contributed by atoms with Gasteiger partial charge in [0.2, 0.25) is 0 Å². The van der Waals surface area contributed by atoms with Crippen molar-refractivity contribution in [1.82, 2.24) is 0 Å². The van der Waals surface area contributed by atoms with Crippen molar-refractivity contribution in [3.05, 3.63) is 35.6 Å². The smallest absolute Gasteiger partial charge is 0.314 e. The highest BCUT2D eigenvalue weighted by atomic mass is 19.1. The van der Waals surface area contributed by atoms with Crippen LogP contribution in [0.4, 0.5) is 4.39 Å². The minimum Gasteiger partial charge on any atom is -0.454 e. The van der Waals surface area contributed by atoms with Crippen molar-refractivity contribution in [2.24, 2.45) is 0 Å². The second-order valence-electron chi connectivity index (χ2n) is 4.37. The van der Waals surface area contributed by atoms with Crippen molar-refractivity contribution < 1.29 is 18.7 Å². The molecular formula is C13H15FO3. The van der Waals surface area contributed by atoms with Crippen LogP contribution < -0.4 is 0 Å². The van der Waals surface area contributed by atoms with Crippen molar-refractivity contribution in [1.29, 1.82) is 0 Å². The van der Waals surface area contributed by atoms with Gasteiger partial charge in [-0.3, -0.25) is 9.59 Å². The van der Waals surface area contributed by atoms with Crippen molar-refractivity contribution in [2.45, 2.75) is 32.8 Å². The van der Waals surface area contributed by atoms with Crippen LogP contribution in [-0.2, 0) is 19.9 Å². The minimum absolute atomic E-state index is 0.245. The molecule has 0 bridgehead atoms. The Morgan fingerprint density at radius 1 is 1.24 bits per heavy atom. The fourth-order valence-electron chi connectivity index (χ4n) is 1.43. The van der Waals surface area contributed by atoms with Gasteiger partial charge < -0.3 is 4.74 Å². The van der Waals surface area contributed by atoms with Crippen LogP contribution in [0.2, 0.25) is 0 Å². The van der Waals surface area contributed by atoms with E-state index in [1.54, 1.807) is 26.0 Å². The third-order valence-electron chi connectivity index (χ3n) is 2.30. The van der Waals surface area contributed by atoms with Gasteiger partial charge in [-0.2, -0.15) is 0 Å². The molecule has 0 saturated heterocycles. The van der Waals surface area contributed by atoms with E-state index in [4.69, 9.17) is 4.74 Å². The number of benzene rings is 1. The summed E-state index contributed by atoms with van der Waals surface area (Å²) < 4.78 is 17.9. The fraction of sp³-hybridized carbons (Fsp3) is 0.385. The average Bonchev–Trinajstić information content (AvgIpc) is 2.15. The van der Waals surface area contributed by atoms with Gasteiger partial charge in [0.1, 0.15) is 23.6 Å². The lowest BCUT2D eigenvalue weighted by Gasteiger charge is -2.25. The maximum Gasteiger partial charge on any atom is 0.314 e. The Balaban J connectivity index is 2.77. The van der Waals surface area contributed by atoms with E-state index in [2.05, 4.69) is 0 Å². The third-order valence-corrected chi connectivity index (χ3v) is 2.30. The highest BCUT2D eigenvalue weighted by Crippen LogP contribution is 2.25. The first kappa shape index (κ1) is 13.4. The highest BCUT2D eigenvalue weighted by Gasteiger charge is 2.25. The molecule has 92 valence electrons. The van der Waals surface area contributed by atoms with E-state index in [1.165, 1.54) is 19.1 Å². The summed E-state index contributed by atoms with van der Waals surface area (Å²) in [6, 6.07) is 5.71. The van der Waals surface area contributed by atoms with Gasteiger partial charge in [0.25, 0.3) is 0 Å². The predicted octanol–water partition coefficient (Wildman–Crippen LogP) is 2.58. The first-order valence-corrected chi connectivity index (χ1v) is 5.28. The van der Waals surface area contributed by atoms with E-state index < -0.39 is 11.6 Å². The van der Waals surface area contributed by atoms with Crippen molar-refractivity contribution >= 4 is 11.8 Å². The van der Waals surface area contributed by atoms with Crippen LogP contribution in [0.15, 0.2) is 24.3 Å². The number of esters is 1. The molecule has 1 aromatic carbocycles. The topological polar surface area (TPSA) is 43.4 Å². The van der Waals surface area contributed by atoms with E-state index in [9.17, 15) is 14.0 Å². The van der Waals surface area contributed by atoms with Gasteiger partial charge in [-0.1, -0.05) is 12.1 Å². The Morgan fingerprint density at radius 3 is 2.24 bits per heavy atom. The molecular weight excluding hydrogens is 223 g/mol. The first-order chi connectivity index (χ1) is 7.81. The van der Waals surface area contributed by atoms with Crippen molar-refractivity contribution in [3.8, 4) is 0 Å². The summed E-state index contributed by atoms with van der Waals surface area (Å²) in [7, 11) is 0. The molecule has 0 aliphatic carbocycles. The normalized spacial score (nSPS) is 11.1. The minimum atomic E-state index is -0.875. The summed E-state index contributed by atoms with van der Waals surface area (Å²) in [5.74, 6) is -1.17. The number of ketones is 1. The van der Waals surface area contributed by atoms with Gasteiger partial charge in [-0.25, -0.2) is 4.39 Å². The van der Waals surface area contributed by atoms with E-state index >= 15 is 0 Å². The molecule has 0 aliphatic rings. The van der Waals surface area contributed by atoms with Gasteiger partial charge in [-0.05, 0) is 38.5 Å². The van der Waals surface area contributed by atoms with Gasteiger partial charge in [0.05, 0.1) is 0 Å². The lowest BCUT2D eigenvalue weighted by Crippen LogP contribution is -2.26. The van der Waals surface area contributed by atoms with Crippen molar-refractivity contribution in [2.75, 3.05) is 0 Å². The molecule has 0 saturated carbocycles. The summed E-state index contributed by atoms with van der Waals surface area (Å²) in [5.41, 5.74) is -0.198. The zero-order chi connectivity index (χ0) is 13.1. The van der Waals surface area contributed by atoms with Gasteiger partial charge in [-0.15, -0.1) is 0 Å². The number of Topliss-reactive ketones (excluding diaryl/α,β-unsaturated/α-hetero) is 1. The van der Waals surface area contributed by atoms with Crippen LogP contribution in [0.25, 0.3) is 0 Å². The molecule has 0 amide bonds. The molecule has 3 nitrogen and oxygen atoms in total. The number of halogens is 1. The molecule has 0 fully saturated rings. The number of carbonyl (C=O) groups is 2. The van der Waals surface area contributed by atoms with E-state index in [1.807, 2.05) is 0 Å². The van der Waals surface area contributed by atoms with Gasteiger partial charge in [0.15, 0.2) is 0 Å². The number of carbonyl (C=O) groups excluding carboxylic acids is 2. The quantitative estimate of drug-likeness (QED) is 0.598. The molecule has 0 aliphatic heterocycles. The zero-order valence-corrected chi connectivity index (χ0v) is 10.1. The van der Waals surface area contributed by atoms with Crippen LogP contribution in [0.5, 0.6) is 0 Å². The average molecular weight is 238 g/mol. The van der Waals surface area contributed by atoms with Crippen LogP contribution in [-0.4, -0.2) is 11.8 Å². The molecule has 4 heteroatoms. The Kier molecular flexibility index (Phi) is 3.99. The Labute approximate surface area is 99.6 Å². The van der Waals surface area contributed by atoms with Gasteiger partial charge >= 0.3 is 5.97 Å². The SMILES string of the molecule is CC(=O)CC(=O)OC(C)(C)c1ccc(F)cc1. The monoisotopic (exact) mass is 238 g/mol. The Hall–Kier alpha value is -1.71. The lowest BCUT2D eigenvalue weighted by atomic mass is 9.98. The van der Waals surface area contributed by atoms with E-state index in [-0.39, 0.29) is 18.0 Å². The number of hydrogen-bond acceptors (Lipinski definition) is 3. The number of rotatable bonds is 4. The molecule has 0 heterocycles. The third kappa shape index (κ3) is 3.98. The summed E-state index contributed by atoms with van der Waals surface area (Å²) >= 11 is 0. The maximum absolute atomic E-state index is 12.8. The van der Waals surface area contributed by atoms with Crippen molar-refractivity contribution in [3.63, 3.8) is 0 Å². The summed E-state index contributed by atoms with van der Waals surface area (Å²) in [6.45, 7) is 4.71. The standard InChI is InChI=1S/C13H15FO3/c1-9(15)8-12(16)17-13(2,3)10-4-6-11(14)7-5-10/h4-7H,8H2,1-3H3.